The van der Waals surface area contributed by atoms with Crippen LogP contribution in [-0.4, -0.2) is 78.4 Å². The van der Waals surface area contributed by atoms with Gasteiger partial charge >= 0.3 is 6.03 Å². The quantitative estimate of drug-likeness (QED) is 0.457. The zero-order valence-electron chi connectivity index (χ0n) is 20.3. The lowest BCUT2D eigenvalue weighted by Gasteiger charge is -2.34. The Kier molecular flexibility index (Phi) is 7.11. The van der Waals surface area contributed by atoms with Crippen LogP contribution in [0.1, 0.15) is 18.4 Å². The molecule has 2 aromatic heterocycles. The van der Waals surface area contributed by atoms with Gasteiger partial charge in [-0.2, -0.15) is 4.98 Å². The monoisotopic (exact) mass is 486 g/mol. The summed E-state index contributed by atoms with van der Waals surface area (Å²) in [5.74, 6) is 3.34. The molecule has 10 nitrogen and oxygen atoms in total. The van der Waals surface area contributed by atoms with Gasteiger partial charge in [0.2, 0.25) is 5.95 Å². The van der Waals surface area contributed by atoms with Crippen LogP contribution >= 0.6 is 0 Å². The van der Waals surface area contributed by atoms with Crippen LogP contribution in [0.25, 0.3) is 11.0 Å². The molecule has 0 radical (unpaired) electrons. The number of fused-ring (bicyclic) bond motifs is 1. The number of nitrogens with zero attached hydrogens (tertiary/aromatic N) is 5. The minimum absolute atomic E-state index is 0.0542. The lowest BCUT2D eigenvalue weighted by Crippen LogP contribution is -2.44. The number of carbonyl (C=O) groups is 1. The number of nitrogens with one attached hydrogen (secondary N) is 3. The SMILES string of the molecule is C#Cc1cc(NC(=O)NCC2CCCO2)nc2nc(Nc3ccc(N4CCN(C)CC4)cc3)ncc12. The lowest BCUT2D eigenvalue weighted by molar-refractivity contribution is 0.112. The first-order valence-electron chi connectivity index (χ1n) is 12.2. The highest BCUT2D eigenvalue weighted by atomic mass is 16.5. The van der Waals surface area contributed by atoms with E-state index in [9.17, 15) is 4.79 Å². The van der Waals surface area contributed by atoms with Gasteiger partial charge in [-0.25, -0.2) is 14.8 Å². The fourth-order valence-electron chi connectivity index (χ4n) is 4.37. The molecule has 2 fully saturated rings. The van der Waals surface area contributed by atoms with Gasteiger partial charge in [0.05, 0.1) is 11.5 Å². The van der Waals surface area contributed by atoms with Crippen molar-refractivity contribution < 1.29 is 9.53 Å². The van der Waals surface area contributed by atoms with E-state index >= 15 is 0 Å². The molecule has 5 rings (SSSR count). The maximum atomic E-state index is 12.4. The number of aromatic nitrogens is 3. The predicted octanol–water partition coefficient (Wildman–Crippen LogP) is 2.80. The Hall–Kier alpha value is -3.94. The van der Waals surface area contributed by atoms with Gasteiger partial charge in [0.15, 0.2) is 5.65 Å². The molecule has 0 spiro atoms. The van der Waals surface area contributed by atoms with Gasteiger partial charge in [-0.1, -0.05) is 5.92 Å². The number of likely N-dealkylation sites (N-methyl/N-ethyl adjacent to an activating group) is 1. The molecule has 2 aliphatic rings. The Morgan fingerprint density at radius 2 is 2.00 bits per heavy atom. The number of rotatable bonds is 6. The number of carbonyl (C=O) groups excluding carboxylic acids is 1. The van der Waals surface area contributed by atoms with Crippen molar-refractivity contribution in [3.05, 3.63) is 42.1 Å². The third kappa shape index (κ3) is 5.64. The van der Waals surface area contributed by atoms with Crippen molar-refractivity contribution in [2.24, 2.45) is 0 Å². The van der Waals surface area contributed by atoms with Crippen molar-refractivity contribution in [1.29, 1.82) is 0 Å². The Balaban J connectivity index is 1.27. The van der Waals surface area contributed by atoms with E-state index in [1.165, 1.54) is 5.69 Å². The molecule has 0 aliphatic carbocycles. The lowest BCUT2D eigenvalue weighted by atomic mass is 10.2. The van der Waals surface area contributed by atoms with Crippen molar-refractivity contribution >= 4 is 40.2 Å². The van der Waals surface area contributed by atoms with Crippen LogP contribution in [0.3, 0.4) is 0 Å². The fraction of sp³-hybridized carbons (Fsp3) is 0.385. The van der Waals surface area contributed by atoms with Gasteiger partial charge in [0, 0.05) is 62.5 Å². The average molecular weight is 487 g/mol. The Labute approximate surface area is 210 Å². The molecule has 0 bridgehead atoms. The predicted molar refractivity (Wildman–Crippen MR) is 141 cm³/mol. The molecule has 1 atom stereocenters. The van der Waals surface area contributed by atoms with Gasteiger partial charge < -0.3 is 25.2 Å². The molecule has 10 heteroatoms. The normalized spacial score (nSPS) is 18.1. The van der Waals surface area contributed by atoms with Gasteiger partial charge in [0.1, 0.15) is 5.82 Å². The highest BCUT2D eigenvalue weighted by Gasteiger charge is 2.17. The molecule has 36 heavy (non-hydrogen) atoms. The maximum Gasteiger partial charge on any atom is 0.320 e. The molecule has 0 saturated carbocycles. The number of hydrogen-bond acceptors (Lipinski definition) is 8. The van der Waals surface area contributed by atoms with Crippen molar-refractivity contribution in [2.45, 2.75) is 18.9 Å². The summed E-state index contributed by atoms with van der Waals surface area (Å²) in [4.78, 5) is 30.5. The second kappa shape index (κ2) is 10.8. The Morgan fingerprint density at radius 3 is 2.72 bits per heavy atom. The molecule has 2 amide bonds. The second-order valence-electron chi connectivity index (χ2n) is 9.06. The topological polar surface area (TPSA) is 108 Å². The number of terminal acetylenes is 1. The van der Waals surface area contributed by atoms with Gasteiger partial charge in [-0.15, -0.1) is 6.42 Å². The fourth-order valence-corrected chi connectivity index (χ4v) is 4.37. The van der Waals surface area contributed by atoms with Crippen molar-refractivity contribution in [2.75, 3.05) is 61.9 Å². The van der Waals surface area contributed by atoms with Crippen LogP contribution in [-0.2, 0) is 4.74 Å². The minimum Gasteiger partial charge on any atom is -0.376 e. The number of pyridine rings is 1. The smallest absolute Gasteiger partial charge is 0.320 e. The second-order valence-corrected chi connectivity index (χ2v) is 9.06. The molecular formula is C26H30N8O2. The van der Waals surface area contributed by atoms with E-state index in [2.05, 4.69) is 65.8 Å². The number of benzene rings is 1. The van der Waals surface area contributed by atoms with Crippen LogP contribution in [0.2, 0.25) is 0 Å². The van der Waals surface area contributed by atoms with Crippen molar-refractivity contribution in [3.8, 4) is 12.3 Å². The molecule has 186 valence electrons. The zero-order valence-corrected chi connectivity index (χ0v) is 20.3. The summed E-state index contributed by atoms with van der Waals surface area (Å²) in [6.45, 7) is 5.34. The van der Waals surface area contributed by atoms with E-state index in [0.717, 1.165) is 51.3 Å². The summed E-state index contributed by atoms with van der Waals surface area (Å²) < 4.78 is 5.54. The van der Waals surface area contributed by atoms with Crippen LogP contribution < -0.4 is 20.9 Å². The van der Waals surface area contributed by atoms with E-state index in [1.54, 1.807) is 12.3 Å². The van der Waals surface area contributed by atoms with Gasteiger partial charge in [0.25, 0.3) is 0 Å². The first kappa shape index (κ1) is 23.8. The van der Waals surface area contributed by atoms with E-state index in [4.69, 9.17) is 11.2 Å². The largest absolute Gasteiger partial charge is 0.376 e. The number of piperazine rings is 1. The summed E-state index contributed by atoms with van der Waals surface area (Å²) >= 11 is 0. The zero-order chi connectivity index (χ0) is 24.9. The summed E-state index contributed by atoms with van der Waals surface area (Å²) in [5, 5.41) is 9.42. The minimum atomic E-state index is -0.367. The summed E-state index contributed by atoms with van der Waals surface area (Å²) in [5.41, 5.74) is 3.01. The molecule has 1 aromatic carbocycles. The molecule has 1 unspecified atom stereocenters. The number of ether oxygens (including phenoxy) is 1. The summed E-state index contributed by atoms with van der Waals surface area (Å²) in [7, 11) is 2.15. The van der Waals surface area contributed by atoms with Gasteiger partial charge in [-0.05, 0) is 50.2 Å². The molecule has 3 aromatic rings. The number of amides is 2. The average Bonchev–Trinajstić information content (AvgIpc) is 3.42. The molecule has 4 heterocycles. The number of hydrogen-bond donors (Lipinski definition) is 3. The van der Waals surface area contributed by atoms with Crippen molar-refractivity contribution in [1.82, 2.24) is 25.2 Å². The third-order valence-electron chi connectivity index (χ3n) is 6.47. The number of urea groups is 1. The summed E-state index contributed by atoms with van der Waals surface area (Å²) in [6, 6.07) is 9.49. The molecule has 3 N–H and O–H groups in total. The maximum absolute atomic E-state index is 12.4. The first-order valence-corrected chi connectivity index (χ1v) is 12.2. The van der Waals surface area contributed by atoms with Crippen molar-refractivity contribution in [3.63, 3.8) is 0 Å². The summed E-state index contributed by atoms with van der Waals surface area (Å²) in [6.07, 6.45) is 9.36. The highest BCUT2D eigenvalue weighted by Crippen LogP contribution is 2.23. The van der Waals surface area contributed by atoms with Crippen LogP contribution in [0.4, 0.5) is 27.9 Å². The highest BCUT2D eigenvalue weighted by molar-refractivity contribution is 5.91. The third-order valence-corrected chi connectivity index (χ3v) is 6.47. The van der Waals surface area contributed by atoms with E-state index in [1.807, 2.05) is 12.1 Å². The standard InChI is InChI=1S/C26H30N8O2/c1-3-18-15-23(31-26(35)28-16-21-5-4-14-36-21)30-24-22(18)17-27-25(32-24)29-19-6-8-20(9-7-19)34-12-10-33(2)11-13-34/h1,6-9,15,17,21H,4-5,10-14,16H2,2H3,(H3,27,28,29,30,31,32,35). The number of anilines is 4. The molecule has 2 aliphatic heterocycles. The van der Waals surface area contributed by atoms with Crippen LogP contribution in [0, 0.1) is 12.3 Å². The van der Waals surface area contributed by atoms with E-state index < -0.39 is 0 Å². The van der Waals surface area contributed by atoms with Gasteiger partial charge in [-0.3, -0.25) is 5.32 Å². The first-order chi connectivity index (χ1) is 17.6. The Bertz CT molecular complexity index is 1260. The molecule has 2 saturated heterocycles. The molecular weight excluding hydrogens is 456 g/mol. The van der Waals surface area contributed by atoms with E-state index in [0.29, 0.717) is 34.9 Å². The Morgan fingerprint density at radius 1 is 1.19 bits per heavy atom. The van der Waals surface area contributed by atoms with E-state index in [-0.39, 0.29) is 12.1 Å². The van der Waals surface area contributed by atoms with Crippen LogP contribution in [0.15, 0.2) is 36.5 Å². The van der Waals surface area contributed by atoms with Crippen LogP contribution in [0.5, 0.6) is 0 Å².